The maximum atomic E-state index is 13.2. The SMILES string of the molecule is O=C(O)[C@](O)(NOCc1ccccc1)C1CCC(F)(F)CC1. The molecule has 0 bridgehead atoms. The summed E-state index contributed by atoms with van der Waals surface area (Å²) in [6, 6.07) is 8.98. The lowest BCUT2D eigenvalue weighted by atomic mass is 9.80. The van der Waals surface area contributed by atoms with Crippen LogP contribution in [-0.4, -0.2) is 27.8 Å². The number of aliphatic carboxylic acids is 1. The first-order chi connectivity index (χ1) is 10.3. The summed E-state index contributed by atoms with van der Waals surface area (Å²) >= 11 is 0. The van der Waals surface area contributed by atoms with Gasteiger partial charge in [0.15, 0.2) is 0 Å². The third-order valence-electron chi connectivity index (χ3n) is 3.94. The summed E-state index contributed by atoms with van der Waals surface area (Å²) in [5.74, 6) is -5.16. The second kappa shape index (κ2) is 6.68. The molecule has 1 atom stereocenters. The van der Waals surface area contributed by atoms with Crippen molar-refractivity contribution in [1.29, 1.82) is 0 Å². The summed E-state index contributed by atoms with van der Waals surface area (Å²) < 4.78 is 26.3. The fraction of sp³-hybridized carbons (Fsp3) is 0.533. The first-order valence-corrected chi connectivity index (χ1v) is 7.10. The van der Waals surface area contributed by atoms with E-state index in [1.165, 1.54) is 0 Å². The Morgan fingerprint density at radius 1 is 1.32 bits per heavy atom. The van der Waals surface area contributed by atoms with Crippen molar-refractivity contribution in [2.24, 2.45) is 5.92 Å². The zero-order valence-electron chi connectivity index (χ0n) is 12.0. The standard InChI is InChI=1S/C15H19F2NO4/c16-14(17)8-6-12(7-9-14)15(21,13(19)20)18-22-10-11-4-2-1-3-5-11/h1-5,12,18,21H,6-10H2,(H,19,20)/t15-/m0/s1. The van der Waals surface area contributed by atoms with E-state index in [4.69, 9.17) is 4.84 Å². The maximum absolute atomic E-state index is 13.2. The summed E-state index contributed by atoms with van der Waals surface area (Å²) in [6.45, 7) is 0.0549. The van der Waals surface area contributed by atoms with Crippen molar-refractivity contribution in [1.82, 2.24) is 5.48 Å². The lowest BCUT2D eigenvalue weighted by molar-refractivity contribution is -0.208. The van der Waals surface area contributed by atoms with Crippen LogP contribution in [0.5, 0.6) is 0 Å². The number of halogens is 2. The van der Waals surface area contributed by atoms with Crippen LogP contribution in [0.1, 0.15) is 31.2 Å². The third-order valence-corrected chi connectivity index (χ3v) is 3.94. The summed E-state index contributed by atoms with van der Waals surface area (Å²) in [4.78, 5) is 16.4. The summed E-state index contributed by atoms with van der Waals surface area (Å²) in [7, 11) is 0. The van der Waals surface area contributed by atoms with Crippen LogP contribution >= 0.6 is 0 Å². The van der Waals surface area contributed by atoms with Crippen LogP contribution in [0.3, 0.4) is 0 Å². The topological polar surface area (TPSA) is 78.8 Å². The van der Waals surface area contributed by atoms with E-state index in [-0.39, 0.29) is 19.4 Å². The summed E-state index contributed by atoms with van der Waals surface area (Å²) in [6.07, 6.45) is -1.05. The Labute approximate surface area is 126 Å². The molecule has 1 aromatic carbocycles. The van der Waals surface area contributed by atoms with Crippen molar-refractivity contribution < 1.29 is 28.6 Å². The molecule has 0 amide bonds. The highest BCUT2D eigenvalue weighted by atomic mass is 19.3. The Kier molecular flexibility index (Phi) is 5.10. The molecule has 22 heavy (non-hydrogen) atoms. The van der Waals surface area contributed by atoms with E-state index in [0.717, 1.165) is 5.56 Å². The van der Waals surface area contributed by atoms with Gasteiger partial charge in [-0.1, -0.05) is 30.3 Å². The fourth-order valence-electron chi connectivity index (χ4n) is 2.56. The molecular formula is C15H19F2NO4. The molecule has 1 saturated carbocycles. The molecule has 0 aliphatic heterocycles. The van der Waals surface area contributed by atoms with Gasteiger partial charge in [0.1, 0.15) is 0 Å². The summed E-state index contributed by atoms with van der Waals surface area (Å²) in [5.41, 5.74) is 0.572. The Bertz CT molecular complexity index is 502. The van der Waals surface area contributed by atoms with Gasteiger partial charge >= 0.3 is 5.97 Å². The molecular weight excluding hydrogens is 296 g/mol. The predicted octanol–water partition coefficient (Wildman–Crippen LogP) is 2.31. The number of rotatable bonds is 6. The van der Waals surface area contributed by atoms with Gasteiger partial charge in [0.2, 0.25) is 11.6 Å². The molecule has 1 aromatic rings. The molecule has 1 aliphatic rings. The number of aliphatic hydroxyl groups is 1. The normalized spacial score (nSPS) is 21.2. The average molecular weight is 315 g/mol. The van der Waals surface area contributed by atoms with Crippen LogP contribution < -0.4 is 5.48 Å². The van der Waals surface area contributed by atoms with Crippen molar-refractivity contribution in [3.8, 4) is 0 Å². The van der Waals surface area contributed by atoms with E-state index in [1.807, 2.05) is 6.07 Å². The minimum Gasteiger partial charge on any atom is -0.478 e. The Balaban J connectivity index is 1.95. The highest BCUT2D eigenvalue weighted by molar-refractivity contribution is 5.76. The molecule has 2 rings (SSSR count). The smallest absolute Gasteiger partial charge is 0.353 e. The monoisotopic (exact) mass is 315 g/mol. The number of benzene rings is 1. The molecule has 5 nitrogen and oxygen atoms in total. The molecule has 7 heteroatoms. The Morgan fingerprint density at radius 2 is 1.91 bits per heavy atom. The zero-order valence-corrected chi connectivity index (χ0v) is 12.0. The number of carbonyl (C=O) groups is 1. The number of hydroxylamine groups is 1. The Hall–Kier alpha value is -1.57. The van der Waals surface area contributed by atoms with Gasteiger partial charge in [-0.3, -0.25) is 4.84 Å². The first-order valence-electron chi connectivity index (χ1n) is 7.10. The second-order valence-electron chi connectivity index (χ2n) is 5.58. The molecule has 1 aliphatic carbocycles. The van der Waals surface area contributed by atoms with Crippen molar-refractivity contribution in [3.05, 3.63) is 35.9 Å². The van der Waals surface area contributed by atoms with E-state index >= 15 is 0 Å². The van der Waals surface area contributed by atoms with Crippen LogP contribution in [0.4, 0.5) is 8.78 Å². The molecule has 0 aromatic heterocycles. The number of hydrogen-bond donors (Lipinski definition) is 3. The summed E-state index contributed by atoms with van der Waals surface area (Å²) in [5, 5.41) is 19.5. The van der Waals surface area contributed by atoms with Crippen molar-refractivity contribution >= 4 is 5.97 Å². The number of hydrogen-bond acceptors (Lipinski definition) is 4. The minimum atomic E-state index is -2.79. The van der Waals surface area contributed by atoms with E-state index in [9.17, 15) is 23.8 Å². The number of carboxylic acid groups (broad SMARTS) is 1. The molecule has 1 fully saturated rings. The van der Waals surface area contributed by atoms with E-state index in [2.05, 4.69) is 5.48 Å². The van der Waals surface area contributed by atoms with E-state index in [1.54, 1.807) is 24.3 Å². The molecule has 0 saturated heterocycles. The lowest BCUT2D eigenvalue weighted by Crippen LogP contribution is -2.58. The zero-order chi connectivity index (χ0) is 16.2. The van der Waals surface area contributed by atoms with Gasteiger partial charge in [-0.25, -0.2) is 13.6 Å². The quantitative estimate of drug-likeness (QED) is 0.554. The molecule has 3 N–H and O–H groups in total. The molecule has 0 radical (unpaired) electrons. The van der Waals surface area contributed by atoms with Crippen molar-refractivity contribution in [3.63, 3.8) is 0 Å². The van der Waals surface area contributed by atoms with Crippen molar-refractivity contribution in [2.75, 3.05) is 0 Å². The Morgan fingerprint density at radius 3 is 2.45 bits per heavy atom. The van der Waals surface area contributed by atoms with Gasteiger partial charge in [0, 0.05) is 18.8 Å². The van der Waals surface area contributed by atoms with Crippen molar-refractivity contribution in [2.45, 2.75) is 43.9 Å². The largest absolute Gasteiger partial charge is 0.478 e. The molecule has 0 unspecified atom stereocenters. The van der Waals surface area contributed by atoms with Crippen LogP contribution in [-0.2, 0) is 16.2 Å². The van der Waals surface area contributed by atoms with Gasteiger partial charge in [-0.15, -0.1) is 0 Å². The number of alkyl halides is 2. The molecule has 0 spiro atoms. The first kappa shape index (κ1) is 16.8. The number of nitrogens with one attached hydrogen (secondary N) is 1. The van der Waals surface area contributed by atoms with Crippen LogP contribution in [0.2, 0.25) is 0 Å². The van der Waals surface area contributed by atoms with Gasteiger partial charge in [0.25, 0.3) is 0 Å². The van der Waals surface area contributed by atoms with E-state index < -0.39 is 36.4 Å². The molecule has 0 heterocycles. The highest BCUT2D eigenvalue weighted by Gasteiger charge is 2.49. The van der Waals surface area contributed by atoms with E-state index in [0.29, 0.717) is 0 Å². The van der Waals surface area contributed by atoms with Gasteiger partial charge < -0.3 is 10.2 Å². The minimum absolute atomic E-state index is 0.0549. The molecule has 122 valence electrons. The van der Waals surface area contributed by atoms with Crippen LogP contribution in [0.25, 0.3) is 0 Å². The number of carboxylic acids is 1. The van der Waals surface area contributed by atoms with Crippen LogP contribution in [0.15, 0.2) is 30.3 Å². The second-order valence-corrected chi connectivity index (χ2v) is 5.58. The van der Waals surface area contributed by atoms with Gasteiger partial charge in [-0.05, 0) is 18.4 Å². The highest BCUT2D eigenvalue weighted by Crippen LogP contribution is 2.40. The maximum Gasteiger partial charge on any atom is 0.353 e. The average Bonchev–Trinajstić information content (AvgIpc) is 2.47. The third kappa shape index (κ3) is 4.00. The van der Waals surface area contributed by atoms with Gasteiger partial charge in [0.05, 0.1) is 6.61 Å². The lowest BCUT2D eigenvalue weighted by Gasteiger charge is -2.37. The fourth-order valence-corrected chi connectivity index (χ4v) is 2.56. The predicted molar refractivity (Wildman–Crippen MR) is 73.9 cm³/mol. The van der Waals surface area contributed by atoms with Crippen LogP contribution in [0, 0.1) is 5.92 Å². The van der Waals surface area contributed by atoms with Gasteiger partial charge in [-0.2, -0.15) is 5.48 Å².